The number of methoxy groups -OCH3 is 1. The molecule has 20 heavy (non-hydrogen) atoms. The molecule has 0 saturated carbocycles. The average Bonchev–Trinajstić information content (AvgIpc) is 2.87. The van der Waals surface area contributed by atoms with Gasteiger partial charge in [0.1, 0.15) is 12.4 Å². The van der Waals surface area contributed by atoms with E-state index >= 15 is 0 Å². The molecule has 0 aliphatic rings. The maximum absolute atomic E-state index is 13.0. The number of benzene rings is 1. The van der Waals surface area contributed by atoms with Crippen molar-refractivity contribution in [3.63, 3.8) is 0 Å². The summed E-state index contributed by atoms with van der Waals surface area (Å²) in [5.41, 5.74) is 0.828. The lowest BCUT2D eigenvalue weighted by atomic mass is 10.2. The van der Waals surface area contributed by atoms with Crippen molar-refractivity contribution in [1.29, 1.82) is 0 Å². The zero-order valence-corrected chi connectivity index (χ0v) is 12.0. The number of nitrogens with zero attached hydrogens (tertiary/aromatic N) is 4. The molecular weight excluding hydrogens is 307 g/mol. The van der Waals surface area contributed by atoms with Crippen LogP contribution in [-0.4, -0.2) is 33.3 Å². The van der Waals surface area contributed by atoms with Crippen LogP contribution in [0, 0.1) is 5.82 Å². The van der Waals surface area contributed by atoms with Crippen LogP contribution < -0.4 is 0 Å². The van der Waals surface area contributed by atoms with Crippen LogP contribution in [0.2, 0.25) is 5.02 Å². The predicted molar refractivity (Wildman–Crippen MR) is 70.8 cm³/mol. The fourth-order valence-electron chi connectivity index (χ4n) is 1.36. The molecule has 0 radical (unpaired) electrons. The Labute approximate surface area is 123 Å². The Morgan fingerprint density at radius 2 is 2.35 bits per heavy atom. The van der Waals surface area contributed by atoms with Crippen LogP contribution in [0.4, 0.5) is 4.39 Å². The molecule has 0 aliphatic carbocycles. The highest BCUT2D eigenvalue weighted by Gasteiger charge is 2.11. The number of thioether (sulfide) groups is 1. The molecule has 0 amide bonds. The minimum Gasteiger partial charge on any atom is -0.468 e. The van der Waals surface area contributed by atoms with Crippen molar-refractivity contribution < 1.29 is 13.9 Å². The van der Waals surface area contributed by atoms with E-state index < -0.39 is 11.8 Å². The minimum absolute atomic E-state index is 0.0595. The van der Waals surface area contributed by atoms with E-state index in [4.69, 9.17) is 11.6 Å². The molecule has 2 rings (SSSR count). The first-order valence-electron chi connectivity index (χ1n) is 5.50. The van der Waals surface area contributed by atoms with Crippen LogP contribution in [-0.2, 0) is 21.8 Å². The second kappa shape index (κ2) is 6.67. The van der Waals surface area contributed by atoms with E-state index in [2.05, 4.69) is 20.3 Å². The summed E-state index contributed by atoms with van der Waals surface area (Å²) in [4.78, 5) is 11.2. The minimum atomic E-state index is -0.462. The summed E-state index contributed by atoms with van der Waals surface area (Å²) in [6, 6.07) is 4.47. The highest BCUT2D eigenvalue weighted by molar-refractivity contribution is 7.98. The Bertz CT molecular complexity index is 622. The molecule has 0 fully saturated rings. The number of ether oxygens (including phenoxy) is 1. The maximum Gasteiger partial charge on any atom is 0.327 e. The van der Waals surface area contributed by atoms with Crippen molar-refractivity contribution in [1.82, 2.24) is 20.2 Å². The third-order valence-electron chi connectivity index (χ3n) is 2.36. The van der Waals surface area contributed by atoms with Crippen LogP contribution >= 0.6 is 23.4 Å². The Kier molecular flexibility index (Phi) is 4.91. The van der Waals surface area contributed by atoms with Crippen LogP contribution in [0.15, 0.2) is 23.4 Å². The molecular formula is C11H10ClFN4O2S. The first-order chi connectivity index (χ1) is 9.60. The van der Waals surface area contributed by atoms with Gasteiger partial charge in [-0.15, -0.1) is 5.10 Å². The van der Waals surface area contributed by atoms with Crippen molar-refractivity contribution in [2.75, 3.05) is 7.11 Å². The van der Waals surface area contributed by atoms with Crippen molar-refractivity contribution in [2.45, 2.75) is 17.5 Å². The Morgan fingerprint density at radius 3 is 3.05 bits per heavy atom. The van der Waals surface area contributed by atoms with Crippen LogP contribution in [0.1, 0.15) is 5.56 Å². The van der Waals surface area contributed by atoms with Gasteiger partial charge in [0.05, 0.1) is 12.1 Å². The smallest absolute Gasteiger partial charge is 0.327 e. The molecule has 0 aliphatic heterocycles. The van der Waals surface area contributed by atoms with Gasteiger partial charge in [-0.2, -0.15) is 0 Å². The maximum atomic E-state index is 13.0. The average molecular weight is 317 g/mol. The predicted octanol–water partition coefficient (Wildman–Crippen LogP) is 1.93. The third-order valence-corrected chi connectivity index (χ3v) is 3.68. The molecule has 1 aromatic heterocycles. The summed E-state index contributed by atoms with van der Waals surface area (Å²) in [7, 11) is 1.29. The lowest BCUT2D eigenvalue weighted by Gasteiger charge is -2.04. The molecule has 0 N–H and O–H groups in total. The molecule has 9 heteroatoms. The number of hydrogen-bond acceptors (Lipinski definition) is 6. The van der Waals surface area contributed by atoms with Crippen molar-refractivity contribution in [3.8, 4) is 0 Å². The Morgan fingerprint density at radius 1 is 1.55 bits per heavy atom. The van der Waals surface area contributed by atoms with Crippen LogP contribution in [0.25, 0.3) is 0 Å². The van der Waals surface area contributed by atoms with E-state index in [1.54, 1.807) is 12.1 Å². The number of aromatic nitrogens is 4. The van der Waals surface area contributed by atoms with Gasteiger partial charge in [0.25, 0.3) is 0 Å². The summed E-state index contributed by atoms with van der Waals surface area (Å²) in [6.07, 6.45) is 0. The molecule has 1 heterocycles. The van der Waals surface area contributed by atoms with Gasteiger partial charge < -0.3 is 4.74 Å². The normalized spacial score (nSPS) is 10.6. The fourth-order valence-corrected chi connectivity index (χ4v) is 2.39. The summed E-state index contributed by atoms with van der Waals surface area (Å²) in [6.45, 7) is -0.0595. The number of esters is 1. The van der Waals surface area contributed by atoms with Gasteiger partial charge in [-0.25, -0.2) is 9.07 Å². The van der Waals surface area contributed by atoms with Gasteiger partial charge >= 0.3 is 5.97 Å². The Hall–Kier alpha value is -1.67. The van der Waals surface area contributed by atoms with Gasteiger partial charge in [-0.1, -0.05) is 29.4 Å². The molecule has 0 saturated heterocycles. The molecule has 1 aromatic carbocycles. The molecule has 2 aromatic rings. The topological polar surface area (TPSA) is 69.9 Å². The molecule has 0 atom stereocenters. The number of rotatable bonds is 5. The van der Waals surface area contributed by atoms with Gasteiger partial charge in [-0.3, -0.25) is 4.79 Å². The van der Waals surface area contributed by atoms with Crippen molar-refractivity contribution in [3.05, 3.63) is 34.6 Å². The third kappa shape index (κ3) is 3.67. The standard InChI is InChI=1S/C11H10ClFN4O2S/c1-19-10(18)5-17-11(14-15-16-17)20-6-7-2-3-9(13)8(12)4-7/h2-4H,5-6H2,1H3. The van der Waals surface area contributed by atoms with E-state index in [1.165, 1.54) is 29.6 Å². The second-order valence-corrected chi connectivity index (χ2v) is 5.08. The largest absolute Gasteiger partial charge is 0.468 e. The van der Waals surface area contributed by atoms with Crippen LogP contribution in [0.5, 0.6) is 0 Å². The summed E-state index contributed by atoms with van der Waals surface area (Å²) in [5.74, 6) is -0.401. The molecule has 0 spiro atoms. The summed E-state index contributed by atoms with van der Waals surface area (Å²) in [5, 5.41) is 11.5. The lowest BCUT2D eigenvalue weighted by Crippen LogP contribution is -2.13. The summed E-state index contributed by atoms with van der Waals surface area (Å²) < 4.78 is 18.9. The number of hydrogen-bond donors (Lipinski definition) is 0. The van der Waals surface area contributed by atoms with Gasteiger partial charge in [-0.05, 0) is 28.1 Å². The number of carbonyl (C=O) groups is 1. The quantitative estimate of drug-likeness (QED) is 0.620. The van der Waals surface area contributed by atoms with Gasteiger partial charge in [0, 0.05) is 5.75 Å². The van der Waals surface area contributed by atoms with E-state index in [0.29, 0.717) is 10.9 Å². The zero-order chi connectivity index (χ0) is 14.5. The van der Waals surface area contributed by atoms with E-state index in [9.17, 15) is 9.18 Å². The summed E-state index contributed by atoms with van der Waals surface area (Å²) >= 11 is 7.01. The monoisotopic (exact) mass is 316 g/mol. The second-order valence-electron chi connectivity index (χ2n) is 3.73. The lowest BCUT2D eigenvalue weighted by molar-refractivity contribution is -0.141. The first kappa shape index (κ1) is 14.7. The molecule has 0 bridgehead atoms. The zero-order valence-electron chi connectivity index (χ0n) is 10.4. The van der Waals surface area contributed by atoms with Crippen molar-refractivity contribution in [2.24, 2.45) is 0 Å². The SMILES string of the molecule is COC(=O)Cn1nnnc1SCc1ccc(F)c(Cl)c1. The van der Waals surface area contributed by atoms with Crippen molar-refractivity contribution >= 4 is 29.3 Å². The van der Waals surface area contributed by atoms with Crippen LogP contribution in [0.3, 0.4) is 0 Å². The number of tetrazole rings is 1. The van der Waals surface area contributed by atoms with E-state index in [0.717, 1.165) is 5.56 Å². The highest BCUT2D eigenvalue weighted by atomic mass is 35.5. The molecule has 6 nitrogen and oxygen atoms in total. The van der Waals surface area contributed by atoms with Gasteiger partial charge in [0.15, 0.2) is 0 Å². The van der Waals surface area contributed by atoms with E-state index in [-0.39, 0.29) is 11.6 Å². The van der Waals surface area contributed by atoms with E-state index in [1.807, 2.05) is 0 Å². The van der Waals surface area contributed by atoms with Gasteiger partial charge in [0.2, 0.25) is 5.16 Å². The fraction of sp³-hybridized carbons (Fsp3) is 0.273. The molecule has 106 valence electrons. The number of halogens is 2. The molecule has 0 unspecified atom stereocenters. The highest BCUT2D eigenvalue weighted by Crippen LogP contribution is 2.23. The number of carbonyl (C=O) groups excluding carboxylic acids is 1. The first-order valence-corrected chi connectivity index (χ1v) is 6.86. The Balaban J connectivity index is 2.02.